The fourth-order valence-electron chi connectivity index (χ4n) is 1.53. The summed E-state index contributed by atoms with van der Waals surface area (Å²) in [7, 11) is 0. The Hall–Kier alpha value is -0.870. The largest absolute Gasteiger partial charge is 0.460 e. The molecule has 1 fully saturated rings. The lowest BCUT2D eigenvalue weighted by atomic mass is 9.89. The van der Waals surface area contributed by atoms with E-state index in [0.717, 1.165) is 18.0 Å². The molecule has 0 spiro atoms. The smallest absolute Gasteiger partial charge is 0.309 e. The van der Waals surface area contributed by atoms with E-state index in [-0.39, 0.29) is 11.9 Å². The second-order valence-electron chi connectivity index (χ2n) is 3.89. The highest BCUT2D eigenvalue weighted by atomic mass is 32.1. The van der Waals surface area contributed by atoms with Crippen molar-refractivity contribution in [2.45, 2.75) is 13.5 Å². The van der Waals surface area contributed by atoms with E-state index in [1.807, 2.05) is 24.4 Å². The lowest BCUT2D eigenvalue weighted by Crippen LogP contribution is -2.47. The molecular weight excluding hydrogens is 210 g/mol. The average molecular weight is 225 g/mol. The number of carbonyl (C=O) groups is 1. The molecule has 1 aromatic heterocycles. The van der Waals surface area contributed by atoms with Crippen LogP contribution in [0.5, 0.6) is 0 Å². The molecule has 0 aromatic carbocycles. The lowest BCUT2D eigenvalue weighted by molar-refractivity contribution is -0.151. The Balaban J connectivity index is 1.76. The van der Waals surface area contributed by atoms with Crippen LogP contribution >= 0.6 is 11.3 Å². The van der Waals surface area contributed by atoms with Crippen LogP contribution in [0.1, 0.15) is 11.8 Å². The highest BCUT2D eigenvalue weighted by Gasteiger charge is 2.29. The Morgan fingerprint density at radius 1 is 1.73 bits per heavy atom. The molecule has 0 aliphatic carbocycles. The highest BCUT2D eigenvalue weighted by molar-refractivity contribution is 7.09. The normalized spacial score (nSPS) is 18.2. The summed E-state index contributed by atoms with van der Waals surface area (Å²) >= 11 is 1.62. The first-order valence-corrected chi connectivity index (χ1v) is 6.05. The molecule has 82 valence electrons. The van der Waals surface area contributed by atoms with Crippen LogP contribution in [0.4, 0.5) is 0 Å². The predicted molar refractivity (Wildman–Crippen MR) is 59.6 cm³/mol. The summed E-state index contributed by atoms with van der Waals surface area (Å²) in [4.78, 5) is 12.7. The molecule has 4 heteroatoms. The molecule has 1 aliphatic rings. The van der Waals surface area contributed by atoms with Crippen LogP contribution in [0, 0.1) is 11.8 Å². The third-order valence-electron chi connectivity index (χ3n) is 2.83. The minimum atomic E-state index is -0.0742. The van der Waals surface area contributed by atoms with E-state index in [1.165, 1.54) is 0 Å². The summed E-state index contributed by atoms with van der Waals surface area (Å²) < 4.78 is 5.25. The average Bonchev–Trinajstić information content (AvgIpc) is 2.63. The molecule has 0 radical (unpaired) electrons. The molecule has 1 saturated heterocycles. The lowest BCUT2D eigenvalue weighted by Gasteiger charge is -2.31. The zero-order chi connectivity index (χ0) is 10.7. The maximum atomic E-state index is 11.6. The van der Waals surface area contributed by atoms with Crippen molar-refractivity contribution in [3.8, 4) is 0 Å². The van der Waals surface area contributed by atoms with Gasteiger partial charge in [-0.15, -0.1) is 11.3 Å². The molecule has 2 rings (SSSR count). The number of thiophene rings is 1. The van der Waals surface area contributed by atoms with Gasteiger partial charge in [0, 0.05) is 4.88 Å². The van der Waals surface area contributed by atoms with Crippen LogP contribution in [-0.2, 0) is 16.1 Å². The van der Waals surface area contributed by atoms with Crippen molar-refractivity contribution in [1.82, 2.24) is 5.32 Å². The number of rotatable bonds is 4. The van der Waals surface area contributed by atoms with Crippen molar-refractivity contribution < 1.29 is 9.53 Å². The van der Waals surface area contributed by atoms with Gasteiger partial charge in [-0.05, 0) is 30.5 Å². The Morgan fingerprint density at radius 3 is 3.07 bits per heavy atom. The van der Waals surface area contributed by atoms with Crippen molar-refractivity contribution in [2.75, 3.05) is 13.1 Å². The number of hydrogen-bond acceptors (Lipinski definition) is 4. The quantitative estimate of drug-likeness (QED) is 0.792. The molecule has 0 saturated carbocycles. The zero-order valence-corrected chi connectivity index (χ0v) is 9.55. The van der Waals surface area contributed by atoms with Crippen molar-refractivity contribution >= 4 is 17.3 Å². The fraction of sp³-hybridized carbons (Fsp3) is 0.545. The van der Waals surface area contributed by atoms with E-state index in [1.54, 1.807) is 11.3 Å². The van der Waals surface area contributed by atoms with Crippen molar-refractivity contribution in [1.29, 1.82) is 0 Å². The number of carbonyl (C=O) groups excluding carboxylic acids is 1. The Morgan fingerprint density at radius 2 is 2.53 bits per heavy atom. The van der Waals surface area contributed by atoms with Crippen molar-refractivity contribution in [3.63, 3.8) is 0 Å². The molecule has 1 N–H and O–H groups in total. The van der Waals surface area contributed by atoms with Crippen LogP contribution in [0.2, 0.25) is 0 Å². The Labute approximate surface area is 93.4 Å². The van der Waals surface area contributed by atoms with Gasteiger partial charge < -0.3 is 10.1 Å². The van der Waals surface area contributed by atoms with Crippen molar-refractivity contribution in [3.05, 3.63) is 22.4 Å². The van der Waals surface area contributed by atoms with Gasteiger partial charge in [0.2, 0.25) is 0 Å². The molecule has 2 heterocycles. The van der Waals surface area contributed by atoms with Gasteiger partial charge in [0.15, 0.2) is 0 Å². The van der Waals surface area contributed by atoms with E-state index >= 15 is 0 Å². The number of ether oxygens (including phenoxy) is 1. The molecule has 1 unspecified atom stereocenters. The van der Waals surface area contributed by atoms with Crippen LogP contribution in [-0.4, -0.2) is 19.1 Å². The summed E-state index contributed by atoms with van der Waals surface area (Å²) in [5, 5.41) is 5.15. The summed E-state index contributed by atoms with van der Waals surface area (Å²) in [5.41, 5.74) is 0. The minimum absolute atomic E-state index is 0.0196. The number of hydrogen-bond donors (Lipinski definition) is 1. The van der Waals surface area contributed by atoms with E-state index in [9.17, 15) is 4.79 Å². The summed E-state index contributed by atoms with van der Waals surface area (Å²) in [6.07, 6.45) is 0. The molecular formula is C11H15NO2S. The maximum absolute atomic E-state index is 11.6. The number of nitrogens with one attached hydrogen (secondary N) is 1. The summed E-state index contributed by atoms with van der Waals surface area (Å²) in [6.45, 7) is 4.24. The van der Waals surface area contributed by atoms with Gasteiger partial charge in [0.1, 0.15) is 6.61 Å². The second kappa shape index (κ2) is 4.77. The third kappa shape index (κ3) is 2.58. The van der Waals surface area contributed by atoms with E-state index in [2.05, 4.69) is 5.32 Å². The molecule has 1 aromatic rings. The fourth-order valence-corrected chi connectivity index (χ4v) is 2.14. The Bertz CT molecular complexity index is 319. The first-order chi connectivity index (χ1) is 7.27. The van der Waals surface area contributed by atoms with Gasteiger partial charge in [-0.2, -0.15) is 0 Å². The van der Waals surface area contributed by atoms with E-state index in [4.69, 9.17) is 4.74 Å². The molecule has 0 amide bonds. The molecule has 1 aliphatic heterocycles. The topological polar surface area (TPSA) is 38.3 Å². The molecule has 3 nitrogen and oxygen atoms in total. The second-order valence-corrected chi connectivity index (χ2v) is 4.93. The van der Waals surface area contributed by atoms with Gasteiger partial charge >= 0.3 is 5.97 Å². The van der Waals surface area contributed by atoms with E-state index in [0.29, 0.717) is 12.5 Å². The molecule has 1 atom stereocenters. The molecule has 15 heavy (non-hydrogen) atoms. The first kappa shape index (κ1) is 10.6. The van der Waals surface area contributed by atoms with Gasteiger partial charge in [-0.1, -0.05) is 13.0 Å². The van der Waals surface area contributed by atoms with Gasteiger partial charge in [-0.3, -0.25) is 4.79 Å². The van der Waals surface area contributed by atoms with Crippen LogP contribution in [0.25, 0.3) is 0 Å². The standard InChI is InChI=1S/C11H15NO2S/c1-8(9-5-12-6-9)11(13)14-7-10-3-2-4-15-10/h2-4,8-9,12H,5-7H2,1H3. The van der Waals surface area contributed by atoms with Gasteiger partial charge in [0.05, 0.1) is 5.92 Å². The van der Waals surface area contributed by atoms with E-state index < -0.39 is 0 Å². The summed E-state index contributed by atoms with van der Waals surface area (Å²) in [5.74, 6) is 0.405. The van der Waals surface area contributed by atoms with Gasteiger partial charge in [-0.25, -0.2) is 0 Å². The van der Waals surface area contributed by atoms with Crippen LogP contribution < -0.4 is 5.32 Å². The minimum Gasteiger partial charge on any atom is -0.460 e. The SMILES string of the molecule is CC(C(=O)OCc1cccs1)C1CNC1. The van der Waals surface area contributed by atoms with Gasteiger partial charge in [0.25, 0.3) is 0 Å². The molecule has 0 bridgehead atoms. The maximum Gasteiger partial charge on any atom is 0.309 e. The monoisotopic (exact) mass is 225 g/mol. The Kier molecular flexibility index (Phi) is 3.38. The highest BCUT2D eigenvalue weighted by Crippen LogP contribution is 2.18. The first-order valence-electron chi connectivity index (χ1n) is 5.17. The van der Waals surface area contributed by atoms with Crippen LogP contribution in [0.15, 0.2) is 17.5 Å². The number of esters is 1. The van der Waals surface area contributed by atoms with Crippen molar-refractivity contribution in [2.24, 2.45) is 11.8 Å². The zero-order valence-electron chi connectivity index (χ0n) is 8.73. The summed E-state index contributed by atoms with van der Waals surface area (Å²) in [6, 6.07) is 3.95. The predicted octanol–water partition coefficient (Wildman–Crippen LogP) is 1.65. The van der Waals surface area contributed by atoms with Crippen LogP contribution in [0.3, 0.4) is 0 Å². The third-order valence-corrected chi connectivity index (χ3v) is 3.68.